The van der Waals surface area contributed by atoms with E-state index < -0.39 is 11.8 Å². The van der Waals surface area contributed by atoms with Gasteiger partial charge >= 0.3 is 5.97 Å². The van der Waals surface area contributed by atoms with Crippen LogP contribution < -0.4 is 4.74 Å². The third-order valence-electron chi connectivity index (χ3n) is 2.16. The molecule has 2 aromatic rings. The van der Waals surface area contributed by atoms with Crippen molar-refractivity contribution in [1.82, 2.24) is 0 Å². The fourth-order valence-corrected chi connectivity index (χ4v) is 2.10. The molecule has 0 aliphatic rings. The monoisotopic (exact) mass is 252 g/mol. The van der Waals surface area contributed by atoms with E-state index in [1.807, 2.05) is 0 Å². The zero-order valence-corrected chi connectivity index (χ0v) is 9.54. The number of halogens is 1. The molecule has 1 N–H and O–H groups in total. The van der Waals surface area contributed by atoms with Gasteiger partial charge in [-0.25, -0.2) is 9.18 Å². The van der Waals surface area contributed by atoms with E-state index in [4.69, 9.17) is 9.84 Å². The van der Waals surface area contributed by atoms with Gasteiger partial charge in [0.15, 0.2) is 11.6 Å². The van der Waals surface area contributed by atoms with Gasteiger partial charge in [0.2, 0.25) is 0 Å². The van der Waals surface area contributed by atoms with Gasteiger partial charge in [-0.3, -0.25) is 0 Å². The summed E-state index contributed by atoms with van der Waals surface area (Å²) in [5.74, 6) is -1.33. The Balaban J connectivity index is 2.10. The molecule has 0 radical (unpaired) electrons. The molecule has 0 amide bonds. The smallest absolute Gasteiger partial charge is 0.346 e. The molecule has 1 heterocycles. The quantitative estimate of drug-likeness (QED) is 0.909. The minimum absolute atomic E-state index is 0.0477. The SMILES string of the molecule is O=C(O)c1sccc1COc1ccccc1F. The van der Waals surface area contributed by atoms with Crippen LogP contribution in [0.3, 0.4) is 0 Å². The molecule has 0 atom stereocenters. The van der Waals surface area contributed by atoms with Crippen molar-refractivity contribution in [2.45, 2.75) is 6.61 Å². The van der Waals surface area contributed by atoms with Gasteiger partial charge in [-0.15, -0.1) is 11.3 Å². The Morgan fingerprint density at radius 3 is 2.82 bits per heavy atom. The Labute approximate surface area is 101 Å². The van der Waals surface area contributed by atoms with Gasteiger partial charge < -0.3 is 9.84 Å². The number of ether oxygens (including phenoxy) is 1. The molecule has 0 saturated heterocycles. The van der Waals surface area contributed by atoms with E-state index in [1.165, 1.54) is 12.1 Å². The molecule has 0 spiro atoms. The molecule has 0 saturated carbocycles. The number of para-hydroxylation sites is 1. The largest absolute Gasteiger partial charge is 0.486 e. The van der Waals surface area contributed by atoms with Gasteiger partial charge in [0.25, 0.3) is 0 Å². The molecule has 1 aromatic carbocycles. The Morgan fingerprint density at radius 1 is 1.35 bits per heavy atom. The first-order chi connectivity index (χ1) is 8.18. The minimum Gasteiger partial charge on any atom is -0.486 e. The van der Waals surface area contributed by atoms with Crippen LogP contribution >= 0.6 is 11.3 Å². The van der Waals surface area contributed by atoms with E-state index in [1.54, 1.807) is 23.6 Å². The summed E-state index contributed by atoms with van der Waals surface area (Å²) in [7, 11) is 0. The summed E-state index contributed by atoms with van der Waals surface area (Å²) in [6.07, 6.45) is 0. The second-order valence-corrected chi connectivity index (χ2v) is 4.22. The second-order valence-electron chi connectivity index (χ2n) is 3.30. The van der Waals surface area contributed by atoms with Crippen LogP contribution in [0.2, 0.25) is 0 Å². The van der Waals surface area contributed by atoms with Crippen LogP contribution in [-0.4, -0.2) is 11.1 Å². The lowest BCUT2D eigenvalue weighted by atomic mass is 10.2. The summed E-state index contributed by atoms with van der Waals surface area (Å²) in [5, 5.41) is 10.6. The third-order valence-corrected chi connectivity index (χ3v) is 3.11. The predicted octanol–water partition coefficient (Wildman–Crippen LogP) is 3.16. The van der Waals surface area contributed by atoms with Crippen molar-refractivity contribution >= 4 is 17.3 Å². The summed E-state index contributed by atoms with van der Waals surface area (Å²) in [6, 6.07) is 7.68. The molecular formula is C12H9FO3S. The van der Waals surface area contributed by atoms with Crippen molar-refractivity contribution in [3.63, 3.8) is 0 Å². The normalized spacial score (nSPS) is 10.2. The Kier molecular flexibility index (Phi) is 3.39. The average molecular weight is 252 g/mol. The van der Waals surface area contributed by atoms with Crippen LogP contribution in [0.1, 0.15) is 15.2 Å². The summed E-state index contributed by atoms with van der Waals surface area (Å²) in [6.45, 7) is 0.0477. The molecule has 1 aromatic heterocycles. The maximum absolute atomic E-state index is 13.2. The number of carboxylic acid groups (broad SMARTS) is 1. The zero-order chi connectivity index (χ0) is 12.3. The number of hydrogen-bond donors (Lipinski definition) is 1. The molecule has 0 bridgehead atoms. The molecular weight excluding hydrogens is 243 g/mol. The van der Waals surface area contributed by atoms with Crippen LogP contribution in [0.15, 0.2) is 35.7 Å². The molecule has 88 valence electrons. The average Bonchev–Trinajstić information content (AvgIpc) is 2.76. The van der Waals surface area contributed by atoms with Gasteiger partial charge in [-0.2, -0.15) is 0 Å². The molecule has 0 fully saturated rings. The van der Waals surface area contributed by atoms with E-state index in [9.17, 15) is 9.18 Å². The fraction of sp³-hybridized carbons (Fsp3) is 0.0833. The maximum atomic E-state index is 13.2. The lowest BCUT2D eigenvalue weighted by Crippen LogP contribution is -2.02. The molecule has 0 aliphatic carbocycles. The van der Waals surface area contributed by atoms with Crippen molar-refractivity contribution < 1.29 is 19.0 Å². The molecule has 17 heavy (non-hydrogen) atoms. The van der Waals surface area contributed by atoms with Crippen LogP contribution in [0.25, 0.3) is 0 Å². The molecule has 0 unspecified atom stereocenters. The van der Waals surface area contributed by atoms with Crippen LogP contribution in [0.5, 0.6) is 5.75 Å². The van der Waals surface area contributed by atoms with Gasteiger partial charge in [-0.1, -0.05) is 12.1 Å². The first-order valence-corrected chi connectivity index (χ1v) is 5.73. The Morgan fingerprint density at radius 2 is 2.12 bits per heavy atom. The fourth-order valence-electron chi connectivity index (χ4n) is 1.35. The molecule has 0 aliphatic heterocycles. The molecule has 2 rings (SSSR count). The van der Waals surface area contributed by atoms with Crippen molar-refractivity contribution in [2.24, 2.45) is 0 Å². The Hall–Kier alpha value is -1.88. The second kappa shape index (κ2) is 4.97. The van der Waals surface area contributed by atoms with Gasteiger partial charge in [0, 0.05) is 5.56 Å². The number of thiophene rings is 1. The molecule has 5 heteroatoms. The van der Waals surface area contributed by atoms with Crippen molar-refractivity contribution in [1.29, 1.82) is 0 Å². The van der Waals surface area contributed by atoms with Gasteiger partial charge in [-0.05, 0) is 23.6 Å². The van der Waals surface area contributed by atoms with Crippen molar-refractivity contribution in [2.75, 3.05) is 0 Å². The van der Waals surface area contributed by atoms with E-state index in [-0.39, 0.29) is 17.2 Å². The highest BCUT2D eigenvalue weighted by Gasteiger charge is 2.12. The summed E-state index contributed by atoms with van der Waals surface area (Å²) in [5.41, 5.74) is 0.547. The van der Waals surface area contributed by atoms with Crippen molar-refractivity contribution in [3.8, 4) is 5.75 Å². The summed E-state index contributed by atoms with van der Waals surface area (Å²) in [4.78, 5) is 11.1. The van der Waals surface area contributed by atoms with Gasteiger partial charge in [0.1, 0.15) is 11.5 Å². The number of benzene rings is 1. The number of aromatic carboxylic acids is 1. The standard InChI is InChI=1S/C12H9FO3S/c13-9-3-1-2-4-10(9)16-7-8-5-6-17-11(8)12(14)15/h1-6H,7H2,(H,14,15). The van der Waals surface area contributed by atoms with Crippen molar-refractivity contribution in [3.05, 3.63) is 52.0 Å². The van der Waals surface area contributed by atoms with E-state index in [0.717, 1.165) is 11.3 Å². The first-order valence-electron chi connectivity index (χ1n) is 4.85. The van der Waals surface area contributed by atoms with E-state index in [0.29, 0.717) is 5.56 Å². The molecule has 3 nitrogen and oxygen atoms in total. The highest BCUT2D eigenvalue weighted by atomic mass is 32.1. The lowest BCUT2D eigenvalue weighted by molar-refractivity contribution is 0.0699. The maximum Gasteiger partial charge on any atom is 0.346 e. The van der Waals surface area contributed by atoms with E-state index >= 15 is 0 Å². The van der Waals surface area contributed by atoms with Crippen LogP contribution in [0, 0.1) is 5.82 Å². The minimum atomic E-state index is -0.993. The number of carboxylic acids is 1. The number of rotatable bonds is 4. The third kappa shape index (κ3) is 2.62. The zero-order valence-electron chi connectivity index (χ0n) is 8.72. The van der Waals surface area contributed by atoms with Gasteiger partial charge in [0.05, 0.1) is 0 Å². The summed E-state index contributed by atoms with van der Waals surface area (Å²) >= 11 is 1.12. The topological polar surface area (TPSA) is 46.5 Å². The van der Waals surface area contributed by atoms with Crippen LogP contribution in [0.4, 0.5) is 4.39 Å². The number of carbonyl (C=O) groups is 1. The van der Waals surface area contributed by atoms with Crippen LogP contribution in [-0.2, 0) is 6.61 Å². The lowest BCUT2D eigenvalue weighted by Gasteiger charge is -2.06. The highest BCUT2D eigenvalue weighted by Crippen LogP contribution is 2.21. The summed E-state index contributed by atoms with van der Waals surface area (Å²) < 4.78 is 18.5. The Bertz CT molecular complexity index is 536. The first kappa shape index (κ1) is 11.6. The predicted molar refractivity (Wildman–Crippen MR) is 62.0 cm³/mol. The number of hydrogen-bond acceptors (Lipinski definition) is 3. The van der Waals surface area contributed by atoms with E-state index in [2.05, 4.69) is 0 Å². The highest BCUT2D eigenvalue weighted by molar-refractivity contribution is 7.12.